The number of benzene rings is 1. The minimum atomic E-state index is -3.86. The lowest BCUT2D eigenvalue weighted by Gasteiger charge is -2.19. The maximum atomic E-state index is 13.2. The van der Waals surface area contributed by atoms with E-state index in [0.717, 1.165) is 22.7 Å². The molecule has 0 saturated heterocycles. The number of rotatable bonds is 6. The summed E-state index contributed by atoms with van der Waals surface area (Å²) in [6.45, 7) is 2.75. The van der Waals surface area contributed by atoms with Crippen LogP contribution in [0.2, 0.25) is 5.02 Å². The lowest BCUT2D eigenvalue weighted by Crippen LogP contribution is -2.27. The van der Waals surface area contributed by atoms with Gasteiger partial charge < -0.3 is 4.57 Å². The Bertz CT molecular complexity index is 862. The molecule has 130 valence electrons. The second-order valence-electron chi connectivity index (χ2n) is 6.01. The molecule has 0 unspecified atom stereocenters. The summed E-state index contributed by atoms with van der Waals surface area (Å²) in [5, 5.41) is 0.0251. The molecule has 0 bridgehead atoms. The molecule has 1 aromatic heterocycles. The number of anilines is 1. The fourth-order valence-corrected chi connectivity index (χ4v) is 4.10. The highest BCUT2D eigenvalue weighted by Crippen LogP contribution is 2.32. The first-order valence-electron chi connectivity index (χ1n) is 7.83. The van der Waals surface area contributed by atoms with Crippen LogP contribution in [-0.4, -0.2) is 25.0 Å². The van der Waals surface area contributed by atoms with Crippen LogP contribution in [0, 0.1) is 11.7 Å². The summed E-state index contributed by atoms with van der Waals surface area (Å²) in [4.78, 5) is 4.29. The third-order valence-corrected chi connectivity index (χ3v) is 6.12. The summed E-state index contributed by atoms with van der Waals surface area (Å²) >= 11 is 5.99. The largest absolute Gasteiger partial charge is 0.333 e. The second kappa shape index (κ2) is 6.37. The maximum Gasteiger partial charge on any atom is 0.283 e. The van der Waals surface area contributed by atoms with Gasteiger partial charge in [0.1, 0.15) is 11.6 Å². The molecule has 24 heavy (non-hydrogen) atoms. The van der Waals surface area contributed by atoms with E-state index in [1.807, 2.05) is 11.5 Å². The number of aryl methyl sites for hydroxylation is 1. The van der Waals surface area contributed by atoms with Crippen molar-refractivity contribution < 1.29 is 12.8 Å². The first-order chi connectivity index (χ1) is 11.3. The molecule has 3 rings (SSSR count). The molecular formula is C16H19ClFN3O2S. The molecular weight excluding hydrogens is 353 g/mol. The van der Waals surface area contributed by atoms with Gasteiger partial charge in [-0.1, -0.05) is 18.5 Å². The van der Waals surface area contributed by atoms with Crippen LogP contribution in [0.1, 0.15) is 25.6 Å². The zero-order valence-electron chi connectivity index (χ0n) is 13.5. The van der Waals surface area contributed by atoms with Crippen molar-refractivity contribution in [2.45, 2.75) is 37.8 Å². The van der Waals surface area contributed by atoms with Gasteiger partial charge in [-0.25, -0.2) is 9.37 Å². The molecule has 0 atom stereocenters. The minimum Gasteiger partial charge on any atom is -0.333 e. The molecule has 0 spiro atoms. The Morgan fingerprint density at radius 3 is 2.71 bits per heavy atom. The monoisotopic (exact) mass is 371 g/mol. The Labute approximate surface area is 146 Å². The number of hydrogen-bond acceptors (Lipinski definition) is 3. The van der Waals surface area contributed by atoms with Crippen molar-refractivity contribution in [3.8, 4) is 0 Å². The molecule has 1 heterocycles. The fraction of sp³-hybridized carbons (Fsp3) is 0.438. The normalized spacial score (nSPS) is 14.8. The van der Waals surface area contributed by atoms with E-state index in [0.29, 0.717) is 12.3 Å². The van der Waals surface area contributed by atoms with E-state index < -0.39 is 15.8 Å². The lowest BCUT2D eigenvalue weighted by molar-refractivity contribution is 0.589. The van der Waals surface area contributed by atoms with Gasteiger partial charge in [0.15, 0.2) is 5.03 Å². The average molecular weight is 372 g/mol. The van der Waals surface area contributed by atoms with E-state index in [2.05, 4.69) is 4.98 Å². The third-order valence-electron chi connectivity index (χ3n) is 4.18. The molecule has 1 fully saturated rings. The Kier molecular flexibility index (Phi) is 4.57. The summed E-state index contributed by atoms with van der Waals surface area (Å²) in [5.41, 5.74) is 0.216. The Balaban J connectivity index is 1.95. The van der Waals surface area contributed by atoms with Crippen LogP contribution >= 0.6 is 11.6 Å². The van der Waals surface area contributed by atoms with Crippen molar-refractivity contribution in [2.75, 3.05) is 11.4 Å². The summed E-state index contributed by atoms with van der Waals surface area (Å²) in [5.74, 6) is 0.847. The zero-order valence-corrected chi connectivity index (χ0v) is 15.1. The Hall–Kier alpha value is -1.60. The molecule has 0 N–H and O–H groups in total. The molecule has 8 heteroatoms. The van der Waals surface area contributed by atoms with Crippen LogP contribution in [0.4, 0.5) is 10.1 Å². The van der Waals surface area contributed by atoms with Crippen molar-refractivity contribution in [1.82, 2.24) is 9.55 Å². The van der Waals surface area contributed by atoms with Gasteiger partial charge in [0, 0.05) is 26.2 Å². The lowest BCUT2D eigenvalue weighted by atomic mass is 10.3. The van der Waals surface area contributed by atoms with Crippen LogP contribution in [0.5, 0.6) is 0 Å². The number of nitrogens with zero attached hydrogens (tertiary/aromatic N) is 3. The predicted molar refractivity (Wildman–Crippen MR) is 91.3 cm³/mol. The van der Waals surface area contributed by atoms with Gasteiger partial charge in [-0.15, -0.1) is 0 Å². The second-order valence-corrected chi connectivity index (χ2v) is 8.34. The molecule has 1 saturated carbocycles. The fourth-order valence-electron chi connectivity index (χ4n) is 2.58. The van der Waals surface area contributed by atoms with Crippen LogP contribution in [0.15, 0.2) is 29.4 Å². The smallest absolute Gasteiger partial charge is 0.283 e. The van der Waals surface area contributed by atoms with Gasteiger partial charge >= 0.3 is 0 Å². The van der Waals surface area contributed by atoms with E-state index in [4.69, 9.17) is 11.6 Å². The SMILES string of the molecule is CCc1nc(S(=O)(=O)N(C)c2ccc(F)cc2Cl)cn1CC1CC1. The quantitative estimate of drug-likeness (QED) is 0.781. The zero-order chi connectivity index (χ0) is 17.5. The van der Waals surface area contributed by atoms with Gasteiger partial charge in [0.25, 0.3) is 10.0 Å². The topological polar surface area (TPSA) is 55.2 Å². The molecule has 2 aromatic rings. The molecule has 1 aliphatic rings. The Morgan fingerprint density at radius 1 is 1.42 bits per heavy atom. The molecule has 0 radical (unpaired) electrons. The van der Waals surface area contributed by atoms with Crippen molar-refractivity contribution in [3.63, 3.8) is 0 Å². The standard InChI is InChI=1S/C16H19ClFN3O2S/c1-3-15-19-16(10-21(15)9-11-4-5-11)24(22,23)20(2)14-7-6-12(18)8-13(14)17/h6-8,10-11H,3-5,9H2,1-2H3. The third kappa shape index (κ3) is 3.28. The summed E-state index contributed by atoms with van der Waals surface area (Å²) < 4.78 is 41.9. The predicted octanol–water partition coefficient (Wildman–Crippen LogP) is 3.47. The van der Waals surface area contributed by atoms with Gasteiger partial charge in [0.05, 0.1) is 10.7 Å². The number of halogens is 2. The number of aromatic nitrogens is 2. The van der Waals surface area contributed by atoms with E-state index in [-0.39, 0.29) is 15.7 Å². The van der Waals surface area contributed by atoms with Crippen molar-refractivity contribution >= 4 is 27.3 Å². The van der Waals surface area contributed by atoms with Crippen molar-refractivity contribution in [2.24, 2.45) is 5.92 Å². The molecule has 1 aliphatic carbocycles. The van der Waals surface area contributed by atoms with E-state index in [9.17, 15) is 12.8 Å². The maximum absolute atomic E-state index is 13.2. The van der Waals surface area contributed by atoms with E-state index >= 15 is 0 Å². The average Bonchev–Trinajstić information content (AvgIpc) is 3.23. The number of imidazole rings is 1. The number of sulfonamides is 1. The van der Waals surface area contributed by atoms with E-state index in [1.165, 1.54) is 32.0 Å². The van der Waals surface area contributed by atoms with Crippen molar-refractivity contribution in [3.05, 3.63) is 41.1 Å². The highest BCUT2D eigenvalue weighted by Gasteiger charge is 2.29. The van der Waals surface area contributed by atoms with Gasteiger partial charge in [-0.2, -0.15) is 8.42 Å². The summed E-state index contributed by atoms with van der Waals surface area (Å²) in [6, 6.07) is 3.61. The van der Waals surface area contributed by atoms with Gasteiger partial charge in [0.2, 0.25) is 0 Å². The first kappa shape index (κ1) is 17.2. The molecule has 0 amide bonds. The molecule has 5 nitrogen and oxygen atoms in total. The summed E-state index contributed by atoms with van der Waals surface area (Å²) in [7, 11) is -2.47. The number of hydrogen-bond donors (Lipinski definition) is 0. The van der Waals surface area contributed by atoms with Gasteiger partial charge in [-0.3, -0.25) is 4.31 Å². The summed E-state index contributed by atoms with van der Waals surface area (Å²) in [6.07, 6.45) is 4.59. The van der Waals surface area contributed by atoms with Crippen LogP contribution < -0.4 is 4.31 Å². The van der Waals surface area contributed by atoms with Crippen LogP contribution in [0.25, 0.3) is 0 Å². The minimum absolute atomic E-state index is 0.0112. The molecule has 1 aromatic carbocycles. The van der Waals surface area contributed by atoms with Gasteiger partial charge in [-0.05, 0) is 37.0 Å². The van der Waals surface area contributed by atoms with Crippen LogP contribution in [-0.2, 0) is 23.0 Å². The van der Waals surface area contributed by atoms with E-state index in [1.54, 1.807) is 6.20 Å². The molecule has 0 aliphatic heterocycles. The highest BCUT2D eigenvalue weighted by molar-refractivity contribution is 7.92. The first-order valence-corrected chi connectivity index (χ1v) is 9.64. The van der Waals surface area contributed by atoms with Crippen LogP contribution in [0.3, 0.4) is 0 Å². The Morgan fingerprint density at radius 2 is 2.12 bits per heavy atom. The van der Waals surface area contributed by atoms with Crippen molar-refractivity contribution in [1.29, 1.82) is 0 Å². The highest BCUT2D eigenvalue weighted by atomic mass is 35.5.